The fraction of sp³-hybridized carbons (Fsp3) is 0.200. The number of carbonyl (C=O) groups excluding carboxylic acids is 1. The zero-order valence-electron chi connectivity index (χ0n) is 14.7. The Morgan fingerprint density at radius 1 is 1.30 bits per heavy atom. The number of amides is 1. The average molecular weight is 369 g/mol. The van der Waals surface area contributed by atoms with Gasteiger partial charge in [-0.25, -0.2) is 9.37 Å². The van der Waals surface area contributed by atoms with Crippen LogP contribution in [0.2, 0.25) is 0 Å². The molecule has 27 heavy (non-hydrogen) atoms. The molecule has 6 nitrogen and oxygen atoms in total. The summed E-state index contributed by atoms with van der Waals surface area (Å²) >= 11 is 0. The fourth-order valence-corrected chi connectivity index (χ4v) is 2.78. The molecule has 0 aliphatic carbocycles. The Balaban J connectivity index is 1.81. The number of carbonyl (C=O) groups is 1. The highest BCUT2D eigenvalue weighted by molar-refractivity contribution is 5.95. The van der Waals surface area contributed by atoms with E-state index in [0.29, 0.717) is 5.56 Å². The molecule has 0 saturated heterocycles. The molecule has 0 fully saturated rings. The minimum absolute atomic E-state index is 0.122. The maximum Gasteiger partial charge on any atom is 0.251 e. The number of hydrogen-bond donors (Lipinski definition) is 2. The summed E-state index contributed by atoms with van der Waals surface area (Å²) in [4.78, 5) is 16.6. The third-order valence-corrected chi connectivity index (χ3v) is 4.18. The number of nitrogens with zero attached hydrogens (tertiary/aromatic N) is 2. The van der Waals surface area contributed by atoms with Gasteiger partial charge < -0.3 is 19.7 Å². The highest BCUT2D eigenvalue weighted by Crippen LogP contribution is 2.19. The molecule has 3 aromatic rings. The molecular weight excluding hydrogens is 349 g/mol. The maximum absolute atomic E-state index is 14.1. The summed E-state index contributed by atoms with van der Waals surface area (Å²) in [5.41, 5.74) is 1.14. The summed E-state index contributed by atoms with van der Waals surface area (Å²) in [6, 6.07) is 12.4. The molecule has 0 aliphatic heterocycles. The first-order chi connectivity index (χ1) is 13.1. The van der Waals surface area contributed by atoms with Crippen molar-refractivity contribution >= 4 is 5.91 Å². The van der Waals surface area contributed by atoms with Crippen LogP contribution in [0, 0.1) is 5.82 Å². The molecule has 0 saturated carbocycles. The molecule has 0 bridgehead atoms. The van der Waals surface area contributed by atoms with Gasteiger partial charge in [-0.2, -0.15) is 0 Å². The second-order valence-corrected chi connectivity index (χ2v) is 6.03. The normalized spacial score (nSPS) is 13.1. The van der Waals surface area contributed by atoms with Crippen molar-refractivity contribution in [2.24, 2.45) is 0 Å². The Labute approximate surface area is 156 Å². The van der Waals surface area contributed by atoms with Crippen molar-refractivity contribution in [3.05, 3.63) is 84.2 Å². The van der Waals surface area contributed by atoms with Crippen LogP contribution in [0.1, 0.15) is 22.0 Å². The van der Waals surface area contributed by atoms with Gasteiger partial charge in [0, 0.05) is 25.1 Å². The minimum atomic E-state index is -0.941. The van der Waals surface area contributed by atoms with Gasteiger partial charge in [-0.15, -0.1) is 0 Å². The molecule has 7 heteroatoms. The van der Waals surface area contributed by atoms with Gasteiger partial charge in [0.15, 0.2) is 0 Å². The van der Waals surface area contributed by atoms with Gasteiger partial charge in [0.1, 0.15) is 11.9 Å². The van der Waals surface area contributed by atoms with Crippen LogP contribution >= 0.6 is 0 Å². The lowest BCUT2D eigenvalue weighted by Crippen LogP contribution is -2.42. The molecule has 1 heterocycles. The number of nitrogens with one attached hydrogen (secondary N) is 1. The predicted molar refractivity (Wildman–Crippen MR) is 98.1 cm³/mol. The van der Waals surface area contributed by atoms with E-state index in [1.807, 2.05) is 18.2 Å². The topological polar surface area (TPSA) is 76.4 Å². The van der Waals surface area contributed by atoms with Crippen LogP contribution in [-0.4, -0.2) is 40.3 Å². The average Bonchev–Trinajstić information content (AvgIpc) is 3.22. The molecule has 140 valence electrons. The molecule has 2 aromatic carbocycles. The van der Waals surface area contributed by atoms with Crippen molar-refractivity contribution in [1.29, 1.82) is 0 Å². The van der Waals surface area contributed by atoms with E-state index in [1.165, 1.54) is 42.4 Å². The number of hydrogen-bond acceptors (Lipinski definition) is 4. The summed E-state index contributed by atoms with van der Waals surface area (Å²) in [5, 5.41) is 13.4. The van der Waals surface area contributed by atoms with Gasteiger partial charge in [-0.3, -0.25) is 4.79 Å². The molecule has 0 radical (unpaired) electrons. The van der Waals surface area contributed by atoms with Gasteiger partial charge in [-0.1, -0.05) is 30.3 Å². The standard InChI is InChI=1S/C20H20FN3O3/c1-27-12-17(19(25)14-5-3-2-4-6-14)23-20(26)15-7-8-16(21)18(11-15)24-10-9-22-13-24/h2-11,13,17,19,25H,12H2,1H3,(H,23,26)/t17-,19-/m0/s1. The molecule has 2 atom stereocenters. The smallest absolute Gasteiger partial charge is 0.251 e. The molecule has 2 N–H and O–H groups in total. The van der Waals surface area contributed by atoms with Crippen molar-refractivity contribution in [2.45, 2.75) is 12.1 Å². The van der Waals surface area contributed by atoms with Crippen LogP contribution in [0.4, 0.5) is 4.39 Å². The van der Waals surface area contributed by atoms with Crippen molar-refractivity contribution in [3.8, 4) is 5.69 Å². The number of aliphatic hydroxyl groups is 1. The molecule has 3 rings (SSSR count). The number of aromatic nitrogens is 2. The second-order valence-electron chi connectivity index (χ2n) is 6.03. The summed E-state index contributed by atoms with van der Waals surface area (Å²) in [6.45, 7) is 0.122. The molecule has 1 aromatic heterocycles. The van der Waals surface area contributed by atoms with Crippen molar-refractivity contribution in [3.63, 3.8) is 0 Å². The van der Waals surface area contributed by atoms with Crippen molar-refractivity contribution < 1.29 is 19.0 Å². The Hall–Kier alpha value is -3.03. The summed E-state index contributed by atoms with van der Waals surface area (Å²) in [6.07, 6.45) is 3.63. The summed E-state index contributed by atoms with van der Waals surface area (Å²) in [5.74, 6) is -0.907. The highest BCUT2D eigenvalue weighted by Gasteiger charge is 2.23. The van der Waals surface area contributed by atoms with Crippen LogP contribution in [0.5, 0.6) is 0 Å². The number of rotatable bonds is 7. The highest BCUT2D eigenvalue weighted by atomic mass is 19.1. The minimum Gasteiger partial charge on any atom is -0.386 e. The molecule has 0 aliphatic rings. The lowest BCUT2D eigenvalue weighted by atomic mass is 10.0. The van der Waals surface area contributed by atoms with E-state index < -0.39 is 23.9 Å². The lowest BCUT2D eigenvalue weighted by Gasteiger charge is -2.24. The number of ether oxygens (including phenoxy) is 1. The monoisotopic (exact) mass is 369 g/mol. The Morgan fingerprint density at radius 2 is 2.07 bits per heavy atom. The first-order valence-corrected chi connectivity index (χ1v) is 8.41. The molecule has 0 unspecified atom stereocenters. The Bertz CT molecular complexity index is 885. The van der Waals surface area contributed by atoms with E-state index in [-0.39, 0.29) is 17.9 Å². The number of halogens is 1. The van der Waals surface area contributed by atoms with Crippen LogP contribution in [0.15, 0.2) is 67.3 Å². The first-order valence-electron chi connectivity index (χ1n) is 8.41. The SMILES string of the molecule is COC[C@H](NC(=O)c1ccc(F)c(-n2ccnc2)c1)[C@@H](O)c1ccccc1. The van der Waals surface area contributed by atoms with Gasteiger partial charge >= 0.3 is 0 Å². The van der Waals surface area contributed by atoms with Crippen LogP contribution < -0.4 is 5.32 Å². The van der Waals surface area contributed by atoms with Gasteiger partial charge in [-0.05, 0) is 23.8 Å². The Morgan fingerprint density at radius 3 is 2.74 bits per heavy atom. The molecule has 1 amide bonds. The van der Waals surface area contributed by atoms with E-state index in [1.54, 1.807) is 18.3 Å². The summed E-state index contributed by atoms with van der Waals surface area (Å²) < 4.78 is 20.7. The maximum atomic E-state index is 14.1. The Kier molecular flexibility index (Phi) is 5.95. The van der Waals surface area contributed by atoms with E-state index in [2.05, 4.69) is 10.3 Å². The van der Waals surface area contributed by atoms with E-state index in [9.17, 15) is 14.3 Å². The zero-order chi connectivity index (χ0) is 19.2. The first kappa shape index (κ1) is 18.8. The molecular formula is C20H20FN3O3. The van der Waals surface area contributed by atoms with Gasteiger partial charge in [0.2, 0.25) is 0 Å². The zero-order valence-corrected chi connectivity index (χ0v) is 14.7. The number of imidazole rings is 1. The predicted octanol–water partition coefficient (Wildman–Crippen LogP) is 2.49. The largest absolute Gasteiger partial charge is 0.386 e. The second kappa shape index (κ2) is 8.57. The van der Waals surface area contributed by atoms with E-state index in [4.69, 9.17) is 4.74 Å². The van der Waals surface area contributed by atoms with Crippen molar-refractivity contribution in [1.82, 2.24) is 14.9 Å². The van der Waals surface area contributed by atoms with Gasteiger partial charge in [0.25, 0.3) is 5.91 Å². The third-order valence-electron chi connectivity index (χ3n) is 4.18. The van der Waals surface area contributed by atoms with Crippen LogP contribution in [0.3, 0.4) is 0 Å². The fourth-order valence-electron chi connectivity index (χ4n) is 2.78. The van der Waals surface area contributed by atoms with Crippen LogP contribution in [-0.2, 0) is 4.74 Å². The van der Waals surface area contributed by atoms with Crippen LogP contribution in [0.25, 0.3) is 5.69 Å². The third kappa shape index (κ3) is 4.39. The summed E-state index contributed by atoms with van der Waals surface area (Å²) in [7, 11) is 1.49. The van der Waals surface area contributed by atoms with Crippen molar-refractivity contribution in [2.75, 3.05) is 13.7 Å². The number of methoxy groups -OCH3 is 1. The number of benzene rings is 2. The quantitative estimate of drug-likeness (QED) is 0.671. The lowest BCUT2D eigenvalue weighted by molar-refractivity contribution is 0.0594. The number of aliphatic hydroxyl groups excluding tert-OH is 1. The molecule has 0 spiro atoms. The van der Waals surface area contributed by atoms with Gasteiger partial charge in [0.05, 0.1) is 24.7 Å². The van der Waals surface area contributed by atoms with E-state index in [0.717, 1.165) is 0 Å². The van der Waals surface area contributed by atoms with E-state index >= 15 is 0 Å².